The molecule has 1 aromatic carbocycles. The molecule has 8 heteroatoms. The molecule has 0 saturated carbocycles. The molecular weight excluding hydrogens is 434 g/mol. The molecule has 0 heterocycles. The summed E-state index contributed by atoms with van der Waals surface area (Å²) in [6.45, 7) is 10.7. The molecular formula is C26H39N3O5. The van der Waals surface area contributed by atoms with Gasteiger partial charge < -0.3 is 25.4 Å². The van der Waals surface area contributed by atoms with Crippen LogP contribution < -0.4 is 10.6 Å². The summed E-state index contributed by atoms with van der Waals surface area (Å²) in [6.07, 6.45) is 6.90. The van der Waals surface area contributed by atoms with Crippen LogP contribution in [-0.4, -0.2) is 58.8 Å². The van der Waals surface area contributed by atoms with E-state index in [0.29, 0.717) is 24.1 Å². The molecule has 3 unspecified atom stereocenters. The summed E-state index contributed by atoms with van der Waals surface area (Å²) < 4.78 is 5.24. The van der Waals surface area contributed by atoms with Gasteiger partial charge in [-0.2, -0.15) is 0 Å². The highest BCUT2D eigenvalue weighted by Crippen LogP contribution is 2.26. The average molecular weight is 474 g/mol. The van der Waals surface area contributed by atoms with Crippen molar-refractivity contribution in [3.05, 3.63) is 35.4 Å². The molecule has 0 aliphatic carbocycles. The summed E-state index contributed by atoms with van der Waals surface area (Å²) in [6, 6.07) is 4.25. The van der Waals surface area contributed by atoms with Crippen LogP contribution in [0.25, 0.3) is 0 Å². The summed E-state index contributed by atoms with van der Waals surface area (Å²) in [5.74, 6) is 1.62. The summed E-state index contributed by atoms with van der Waals surface area (Å²) in [7, 11) is 0. The van der Waals surface area contributed by atoms with Crippen molar-refractivity contribution >= 4 is 17.9 Å². The average Bonchev–Trinajstić information content (AvgIpc) is 2.79. The molecule has 1 rings (SSSR count). The Balaban J connectivity index is 3.39. The summed E-state index contributed by atoms with van der Waals surface area (Å²) in [5.41, 5.74) is 0.454. The molecule has 0 fully saturated rings. The van der Waals surface area contributed by atoms with Gasteiger partial charge in [-0.25, -0.2) is 4.79 Å². The number of unbranched alkanes of at least 4 members (excludes halogenated alkanes) is 1. The van der Waals surface area contributed by atoms with Gasteiger partial charge in [-0.05, 0) is 58.2 Å². The van der Waals surface area contributed by atoms with Crippen molar-refractivity contribution in [3.8, 4) is 12.3 Å². The highest BCUT2D eigenvalue weighted by molar-refractivity contribution is 5.92. The van der Waals surface area contributed by atoms with Crippen molar-refractivity contribution in [1.29, 1.82) is 0 Å². The number of benzene rings is 1. The second kappa shape index (κ2) is 13.6. The number of nitrogens with zero attached hydrogens (tertiary/aromatic N) is 1. The maximum Gasteiger partial charge on any atom is 0.408 e. The third kappa shape index (κ3) is 8.71. The van der Waals surface area contributed by atoms with E-state index >= 15 is 0 Å². The van der Waals surface area contributed by atoms with E-state index < -0.39 is 36.3 Å². The molecule has 0 saturated heterocycles. The predicted octanol–water partition coefficient (Wildman–Crippen LogP) is 3.14. The number of carbonyl (C=O) groups is 3. The molecule has 0 aliphatic heterocycles. The quantitative estimate of drug-likeness (QED) is 0.338. The molecule has 3 atom stereocenters. The van der Waals surface area contributed by atoms with Gasteiger partial charge in [0.2, 0.25) is 11.8 Å². The Morgan fingerprint density at radius 1 is 1.18 bits per heavy atom. The first-order valence-electron chi connectivity index (χ1n) is 11.8. The second-order valence-electron chi connectivity index (χ2n) is 9.20. The number of terminal acetylenes is 1. The van der Waals surface area contributed by atoms with Crippen LogP contribution in [0.3, 0.4) is 0 Å². The Kier molecular flexibility index (Phi) is 11.6. The highest BCUT2D eigenvalue weighted by atomic mass is 16.6. The first-order chi connectivity index (χ1) is 16.0. The van der Waals surface area contributed by atoms with Gasteiger partial charge in [0.15, 0.2) is 0 Å². The lowest BCUT2D eigenvalue weighted by Crippen LogP contribution is -2.56. The smallest absolute Gasteiger partial charge is 0.408 e. The van der Waals surface area contributed by atoms with Crippen LogP contribution in [0.4, 0.5) is 4.79 Å². The Hall–Kier alpha value is -3.05. The first-order valence-corrected chi connectivity index (χ1v) is 11.8. The van der Waals surface area contributed by atoms with Gasteiger partial charge >= 0.3 is 6.09 Å². The van der Waals surface area contributed by atoms with Crippen LogP contribution >= 0.6 is 0 Å². The van der Waals surface area contributed by atoms with Crippen molar-refractivity contribution < 1.29 is 24.2 Å². The fourth-order valence-corrected chi connectivity index (χ4v) is 3.30. The fraction of sp³-hybridized carbons (Fsp3) is 0.577. The lowest BCUT2D eigenvalue weighted by molar-refractivity contribution is -0.145. The minimum atomic E-state index is -1.28. The number of amides is 3. The van der Waals surface area contributed by atoms with E-state index in [1.165, 1.54) is 4.90 Å². The van der Waals surface area contributed by atoms with E-state index in [2.05, 4.69) is 16.6 Å². The molecule has 3 amide bonds. The standard InChI is InChI=1S/C26H39N3O5/c1-8-11-16-27-23(31)22(20-14-12-19(10-3)13-15-20)29(18(4)9-2)24(32)21(17-30)28-25(33)34-26(5,6)7/h3,12-15,18,21-22,30H,8-9,11,16-17H2,1-2,4-7H3,(H,27,31)(H,28,33). The third-order valence-corrected chi connectivity index (χ3v) is 5.24. The molecule has 8 nitrogen and oxygen atoms in total. The third-order valence-electron chi connectivity index (χ3n) is 5.24. The van der Waals surface area contributed by atoms with Crippen molar-refractivity contribution in [1.82, 2.24) is 15.5 Å². The van der Waals surface area contributed by atoms with Crippen LogP contribution in [0, 0.1) is 12.3 Å². The van der Waals surface area contributed by atoms with E-state index in [9.17, 15) is 19.5 Å². The number of ether oxygens (including phenoxy) is 1. The maximum atomic E-state index is 13.6. The molecule has 1 aromatic rings. The van der Waals surface area contributed by atoms with Crippen LogP contribution in [0.1, 0.15) is 78.0 Å². The highest BCUT2D eigenvalue weighted by Gasteiger charge is 2.38. The number of carbonyl (C=O) groups excluding carboxylic acids is 3. The van der Waals surface area contributed by atoms with Crippen LogP contribution in [0.5, 0.6) is 0 Å². The molecule has 0 radical (unpaired) electrons. The fourth-order valence-electron chi connectivity index (χ4n) is 3.30. The van der Waals surface area contributed by atoms with Gasteiger partial charge in [0, 0.05) is 18.2 Å². The summed E-state index contributed by atoms with van der Waals surface area (Å²) in [5, 5.41) is 15.3. The molecule has 188 valence electrons. The van der Waals surface area contributed by atoms with E-state index in [0.717, 1.165) is 12.8 Å². The van der Waals surface area contributed by atoms with Crippen molar-refractivity contribution in [2.45, 2.75) is 84.5 Å². The Bertz CT molecular complexity index is 855. The minimum absolute atomic E-state index is 0.343. The molecule has 0 aliphatic rings. The zero-order valence-corrected chi connectivity index (χ0v) is 21.2. The number of nitrogens with one attached hydrogen (secondary N) is 2. The predicted molar refractivity (Wildman–Crippen MR) is 132 cm³/mol. The first kappa shape index (κ1) is 29.0. The zero-order valence-electron chi connectivity index (χ0n) is 21.2. The van der Waals surface area contributed by atoms with Gasteiger partial charge in [0.05, 0.1) is 6.61 Å². The van der Waals surface area contributed by atoms with Crippen LogP contribution in [-0.2, 0) is 14.3 Å². The molecule has 3 N–H and O–H groups in total. The number of aliphatic hydroxyl groups is 1. The molecule has 0 aromatic heterocycles. The normalized spacial score (nSPS) is 13.7. The van der Waals surface area contributed by atoms with Crippen molar-refractivity contribution in [3.63, 3.8) is 0 Å². The lowest BCUT2D eigenvalue weighted by atomic mass is 9.99. The van der Waals surface area contributed by atoms with Gasteiger partial charge in [0.25, 0.3) is 0 Å². The van der Waals surface area contributed by atoms with E-state index in [1.807, 2.05) is 20.8 Å². The van der Waals surface area contributed by atoms with Gasteiger partial charge in [0.1, 0.15) is 17.7 Å². The largest absolute Gasteiger partial charge is 0.444 e. The SMILES string of the molecule is C#Cc1ccc(C(C(=O)NCCCC)N(C(=O)C(CO)NC(=O)OC(C)(C)C)C(C)CC)cc1. The lowest BCUT2D eigenvalue weighted by Gasteiger charge is -2.38. The number of alkyl carbamates (subject to hydrolysis) is 1. The number of hydrogen-bond acceptors (Lipinski definition) is 5. The van der Waals surface area contributed by atoms with E-state index in [1.54, 1.807) is 45.0 Å². The monoisotopic (exact) mass is 473 g/mol. The van der Waals surface area contributed by atoms with Crippen LogP contribution in [0.15, 0.2) is 24.3 Å². The Morgan fingerprint density at radius 3 is 2.26 bits per heavy atom. The van der Waals surface area contributed by atoms with Gasteiger partial charge in [-0.15, -0.1) is 6.42 Å². The maximum absolute atomic E-state index is 13.6. The number of rotatable bonds is 11. The summed E-state index contributed by atoms with van der Waals surface area (Å²) in [4.78, 5) is 40.7. The topological polar surface area (TPSA) is 108 Å². The number of hydrogen-bond donors (Lipinski definition) is 3. The minimum Gasteiger partial charge on any atom is -0.444 e. The number of aliphatic hydroxyl groups excluding tert-OH is 1. The molecule has 34 heavy (non-hydrogen) atoms. The zero-order chi connectivity index (χ0) is 25.9. The molecule has 0 bridgehead atoms. The van der Waals surface area contributed by atoms with Crippen molar-refractivity contribution in [2.75, 3.05) is 13.2 Å². The molecule has 0 spiro atoms. The van der Waals surface area contributed by atoms with Gasteiger partial charge in [-0.3, -0.25) is 9.59 Å². The van der Waals surface area contributed by atoms with E-state index in [-0.39, 0.29) is 11.9 Å². The Labute approximate surface area is 203 Å². The van der Waals surface area contributed by atoms with Gasteiger partial charge in [-0.1, -0.05) is 38.3 Å². The van der Waals surface area contributed by atoms with E-state index in [4.69, 9.17) is 11.2 Å². The van der Waals surface area contributed by atoms with Crippen LogP contribution in [0.2, 0.25) is 0 Å². The Morgan fingerprint density at radius 2 is 1.79 bits per heavy atom. The van der Waals surface area contributed by atoms with Crippen molar-refractivity contribution in [2.24, 2.45) is 0 Å². The second-order valence-corrected chi connectivity index (χ2v) is 9.20. The summed E-state index contributed by atoms with van der Waals surface area (Å²) >= 11 is 0.